The number of rotatable bonds is 7. The molecule has 0 amide bonds. The molecule has 5 heteroatoms. The van der Waals surface area contributed by atoms with E-state index in [-0.39, 0.29) is 25.2 Å². The van der Waals surface area contributed by atoms with E-state index >= 15 is 0 Å². The Labute approximate surface area is 133 Å². The summed E-state index contributed by atoms with van der Waals surface area (Å²) in [6.07, 6.45) is 4.01. The molecule has 0 saturated carbocycles. The predicted octanol–water partition coefficient (Wildman–Crippen LogP) is 2.86. The van der Waals surface area contributed by atoms with E-state index in [1.807, 2.05) is 0 Å². The second-order valence-corrected chi connectivity index (χ2v) is 7.34. The SMILES string of the molecule is CC(C)(C)C(=O)OC/C=C\[C@H](CCCO)OC(=O)C(C)(C)C. The van der Waals surface area contributed by atoms with E-state index in [0.29, 0.717) is 12.8 Å². The van der Waals surface area contributed by atoms with Crippen LogP contribution in [0.15, 0.2) is 12.2 Å². The van der Waals surface area contributed by atoms with Crippen molar-refractivity contribution in [3.05, 3.63) is 12.2 Å². The van der Waals surface area contributed by atoms with Crippen LogP contribution in [-0.4, -0.2) is 36.4 Å². The molecule has 0 aliphatic carbocycles. The second-order valence-electron chi connectivity index (χ2n) is 7.34. The molecule has 0 aliphatic rings. The highest BCUT2D eigenvalue weighted by Gasteiger charge is 2.25. The summed E-state index contributed by atoms with van der Waals surface area (Å²) in [6.45, 7) is 10.9. The van der Waals surface area contributed by atoms with Crippen molar-refractivity contribution in [3.63, 3.8) is 0 Å². The Bertz CT molecular complexity index is 385. The Kier molecular flexibility index (Phi) is 8.38. The first-order valence-electron chi connectivity index (χ1n) is 7.64. The standard InChI is InChI=1S/C17H30O5/c1-16(2,3)14(19)21-12-8-10-13(9-7-11-18)22-15(20)17(4,5)6/h8,10,13,18H,7,9,11-12H2,1-6H3/b10-8-/t13-/m0/s1. The number of hydrogen-bond acceptors (Lipinski definition) is 5. The van der Waals surface area contributed by atoms with Crippen LogP contribution in [0.5, 0.6) is 0 Å². The lowest BCUT2D eigenvalue weighted by molar-refractivity contribution is -0.157. The van der Waals surface area contributed by atoms with Crippen LogP contribution in [0.4, 0.5) is 0 Å². The molecule has 0 aliphatic heterocycles. The van der Waals surface area contributed by atoms with Crippen molar-refractivity contribution < 1.29 is 24.2 Å². The van der Waals surface area contributed by atoms with E-state index in [4.69, 9.17) is 14.6 Å². The van der Waals surface area contributed by atoms with Gasteiger partial charge in [0.05, 0.1) is 10.8 Å². The second kappa shape index (κ2) is 8.93. The molecule has 1 N–H and O–H groups in total. The van der Waals surface area contributed by atoms with E-state index in [2.05, 4.69) is 0 Å². The van der Waals surface area contributed by atoms with Crippen molar-refractivity contribution in [1.29, 1.82) is 0 Å². The van der Waals surface area contributed by atoms with Gasteiger partial charge in [0.1, 0.15) is 12.7 Å². The summed E-state index contributed by atoms with van der Waals surface area (Å²) in [5.41, 5.74) is -1.12. The topological polar surface area (TPSA) is 72.8 Å². The highest BCUT2D eigenvalue weighted by Crippen LogP contribution is 2.18. The van der Waals surface area contributed by atoms with Gasteiger partial charge in [0.2, 0.25) is 0 Å². The Morgan fingerprint density at radius 1 is 1.05 bits per heavy atom. The summed E-state index contributed by atoms with van der Waals surface area (Å²) in [5, 5.41) is 8.91. The number of carbonyl (C=O) groups is 2. The van der Waals surface area contributed by atoms with Gasteiger partial charge in [-0.3, -0.25) is 9.59 Å². The minimum atomic E-state index is -0.579. The molecule has 0 fully saturated rings. The minimum Gasteiger partial charge on any atom is -0.461 e. The first kappa shape index (κ1) is 20.6. The highest BCUT2D eigenvalue weighted by atomic mass is 16.5. The maximum Gasteiger partial charge on any atom is 0.311 e. The Morgan fingerprint density at radius 3 is 2.05 bits per heavy atom. The summed E-state index contributed by atoms with van der Waals surface area (Å²) >= 11 is 0. The summed E-state index contributed by atoms with van der Waals surface area (Å²) in [5.74, 6) is -0.581. The lowest BCUT2D eigenvalue weighted by atomic mass is 9.97. The van der Waals surface area contributed by atoms with Crippen LogP contribution in [0.2, 0.25) is 0 Å². The average Bonchev–Trinajstić information content (AvgIpc) is 2.37. The molecule has 0 aromatic heterocycles. The number of carbonyl (C=O) groups excluding carboxylic acids is 2. The zero-order chi connectivity index (χ0) is 17.4. The van der Waals surface area contributed by atoms with E-state index < -0.39 is 16.9 Å². The van der Waals surface area contributed by atoms with Crippen LogP contribution >= 0.6 is 0 Å². The first-order chi connectivity index (χ1) is 9.98. The van der Waals surface area contributed by atoms with Gasteiger partial charge in [-0.2, -0.15) is 0 Å². The minimum absolute atomic E-state index is 0.0381. The fourth-order valence-electron chi connectivity index (χ4n) is 1.35. The van der Waals surface area contributed by atoms with Crippen LogP contribution in [0.25, 0.3) is 0 Å². The normalized spacial score (nSPS) is 14.0. The molecule has 0 heterocycles. The molecule has 0 unspecified atom stereocenters. The third kappa shape index (κ3) is 8.82. The van der Waals surface area contributed by atoms with Crippen LogP contribution in [-0.2, 0) is 19.1 Å². The molecule has 128 valence electrons. The molecule has 0 aromatic carbocycles. The molecule has 1 atom stereocenters. The average molecular weight is 314 g/mol. The Morgan fingerprint density at radius 2 is 1.59 bits per heavy atom. The van der Waals surface area contributed by atoms with Crippen molar-refractivity contribution in [2.75, 3.05) is 13.2 Å². The highest BCUT2D eigenvalue weighted by molar-refractivity contribution is 5.76. The molecule has 0 bridgehead atoms. The van der Waals surface area contributed by atoms with Crippen molar-refractivity contribution >= 4 is 11.9 Å². The lowest BCUT2D eigenvalue weighted by Crippen LogP contribution is -2.27. The zero-order valence-corrected chi connectivity index (χ0v) is 14.6. The van der Waals surface area contributed by atoms with Gasteiger partial charge >= 0.3 is 11.9 Å². The van der Waals surface area contributed by atoms with Crippen LogP contribution < -0.4 is 0 Å². The van der Waals surface area contributed by atoms with Gasteiger partial charge in [-0.05, 0) is 66.5 Å². The Hall–Kier alpha value is -1.36. The molecule has 0 radical (unpaired) electrons. The van der Waals surface area contributed by atoms with E-state index in [1.165, 1.54) is 0 Å². The van der Waals surface area contributed by atoms with Gasteiger partial charge < -0.3 is 14.6 Å². The number of hydrogen-bond donors (Lipinski definition) is 1. The number of ether oxygens (including phenoxy) is 2. The van der Waals surface area contributed by atoms with E-state index in [9.17, 15) is 9.59 Å². The van der Waals surface area contributed by atoms with Crippen molar-refractivity contribution in [1.82, 2.24) is 0 Å². The summed E-state index contributed by atoms with van der Waals surface area (Å²) < 4.78 is 10.5. The Balaban J connectivity index is 4.49. The monoisotopic (exact) mass is 314 g/mol. The molecule has 0 spiro atoms. The summed E-state index contributed by atoms with van der Waals surface area (Å²) in [4.78, 5) is 23.5. The van der Waals surface area contributed by atoms with Crippen molar-refractivity contribution in [2.24, 2.45) is 10.8 Å². The maximum atomic E-state index is 11.9. The third-order valence-corrected chi connectivity index (χ3v) is 2.79. The van der Waals surface area contributed by atoms with E-state index in [0.717, 1.165) is 0 Å². The fraction of sp³-hybridized carbons (Fsp3) is 0.765. The largest absolute Gasteiger partial charge is 0.461 e. The first-order valence-corrected chi connectivity index (χ1v) is 7.64. The van der Waals surface area contributed by atoms with Gasteiger partial charge in [0.15, 0.2) is 0 Å². The third-order valence-electron chi connectivity index (χ3n) is 2.79. The molecular weight excluding hydrogens is 284 g/mol. The lowest BCUT2D eigenvalue weighted by Gasteiger charge is -2.21. The fourth-order valence-corrected chi connectivity index (χ4v) is 1.35. The molecule has 0 aromatic rings. The molecule has 0 saturated heterocycles. The number of aliphatic hydroxyl groups is 1. The van der Waals surface area contributed by atoms with Crippen molar-refractivity contribution in [3.8, 4) is 0 Å². The van der Waals surface area contributed by atoms with Crippen LogP contribution in [0.1, 0.15) is 54.4 Å². The zero-order valence-electron chi connectivity index (χ0n) is 14.6. The number of esters is 2. The number of aliphatic hydroxyl groups excluding tert-OH is 1. The van der Waals surface area contributed by atoms with Crippen molar-refractivity contribution in [2.45, 2.75) is 60.5 Å². The summed E-state index contributed by atoms with van der Waals surface area (Å²) in [7, 11) is 0. The van der Waals surface area contributed by atoms with Gasteiger partial charge in [-0.25, -0.2) is 0 Å². The summed E-state index contributed by atoms with van der Waals surface area (Å²) in [6, 6.07) is 0. The quantitative estimate of drug-likeness (QED) is 0.578. The van der Waals surface area contributed by atoms with Crippen LogP contribution in [0, 0.1) is 10.8 Å². The predicted molar refractivity (Wildman–Crippen MR) is 85.2 cm³/mol. The van der Waals surface area contributed by atoms with Gasteiger partial charge in [-0.15, -0.1) is 0 Å². The van der Waals surface area contributed by atoms with Gasteiger partial charge in [-0.1, -0.05) is 0 Å². The molecule has 0 rings (SSSR count). The van der Waals surface area contributed by atoms with Gasteiger partial charge in [0, 0.05) is 6.61 Å². The van der Waals surface area contributed by atoms with Gasteiger partial charge in [0.25, 0.3) is 0 Å². The van der Waals surface area contributed by atoms with E-state index in [1.54, 1.807) is 53.7 Å². The van der Waals surface area contributed by atoms with Crippen LogP contribution in [0.3, 0.4) is 0 Å². The smallest absolute Gasteiger partial charge is 0.311 e. The maximum absolute atomic E-state index is 11.9. The molecule has 22 heavy (non-hydrogen) atoms. The molecule has 5 nitrogen and oxygen atoms in total. The molecular formula is C17H30O5.